The van der Waals surface area contributed by atoms with Gasteiger partial charge in [0.25, 0.3) is 5.56 Å². The van der Waals surface area contributed by atoms with Crippen LogP contribution in [0.4, 0.5) is 0 Å². The second-order valence-corrected chi connectivity index (χ2v) is 9.39. The zero-order valence-electron chi connectivity index (χ0n) is 21.6. The molecule has 1 aliphatic heterocycles. The van der Waals surface area contributed by atoms with Crippen molar-refractivity contribution in [1.29, 1.82) is 0 Å². The van der Waals surface area contributed by atoms with Gasteiger partial charge in [-0.3, -0.25) is 14.6 Å². The zero-order chi connectivity index (χ0) is 25.7. The fourth-order valence-corrected chi connectivity index (χ4v) is 4.82. The van der Waals surface area contributed by atoms with Crippen LogP contribution >= 0.6 is 0 Å². The molecular formula is C27H35N5O4. The molecule has 36 heavy (non-hydrogen) atoms. The Labute approximate surface area is 211 Å². The summed E-state index contributed by atoms with van der Waals surface area (Å²) in [6, 6.07) is 7.47. The monoisotopic (exact) mass is 493 g/mol. The number of pyridine rings is 2. The Bertz CT molecular complexity index is 1270. The zero-order valence-corrected chi connectivity index (χ0v) is 21.6. The summed E-state index contributed by atoms with van der Waals surface area (Å²) in [5, 5.41) is 8.58. The number of ether oxygens (including phenoxy) is 2. The molecule has 192 valence electrons. The number of rotatable bonds is 9. The Balaban J connectivity index is 1.55. The van der Waals surface area contributed by atoms with Crippen LogP contribution in [-0.2, 0) is 34.3 Å². The van der Waals surface area contributed by atoms with E-state index < -0.39 is 0 Å². The van der Waals surface area contributed by atoms with E-state index in [1.165, 1.54) is 0 Å². The molecule has 0 amide bonds. The fourth-order valence-electron chi connectivity index (χ4n) is 4.82. The third kappa shape index (κ3) is 5.90. The van der Waals surface area contributed by atoms with Crippen LogP contribution in [0.5, 0.6) is 0 Å². The summed E-state index contributed by atoms with van der Waals surface area (Å²) >= 11 is 0. The second kappa shape index (κ2) is 11.6. The third-order valence-electron chi connectivity index (χ3n) is 6.72. The number of nitrogens with zero attached hydrogens (tertiary/aromatic N) is 5. The van der Waals surface area contributed by atoms with Crippen LogP contribution in [0.2, 0.25) is 0 Å². The van der Waals surface area contributed by atoms with Gasteiger partial charge in [-0.25, -0.2) is 4.68 Å². The molecule has 3 aromatic heterocycles. The maximum Gasteiger partial charge on any atom is 0.306 e. The molecule has 1 unspecified atom stereocenters. The Morgan fingerprint density at radius 3 is 2.81 bits per heavy atom. The maximum atomic E-state index is 12.5. The quantitative estimate of drug-likeness (QED) is 0.418. The largest absolute Gasteiger partial charge is 0.466 e. The van der Waals surface area contributed by atoms with E-state index in [0.717, 1.165) is 48.2 Å². The number of carbonyl (C=O) groups is 1. The van der Waals surface area contributed by atoms with E-state index in [0.29, 0.717) is 37.6 Å². The van der Waals surface area contributed by atoms with Gasteiger partial charge in [0.05, 0.1) is 30.6 Å². The molecule has 1 saturated heterocycles. The van der Waals surface area contributed by atoms with Gasteiger partial charge < -0.3 is 14.0 Å². The minimum Gasteiger partial charge on any atom is -0.466 e. The summed E-state index contributed by atoms with van der Waals surface area (Å²) in [5.41, 5.74) is 5.11. The van der Waals surface area contributed by atoms with Crippen molar-refractivity contribution >= 4 is 5.97 Å². The van der Waals surface area contributed by atoms with Crippen LogP contribution in [-0.4, -0.2) is 43.7 Å². The summed E-state index contributed by atoms with van der Waals surface area (Å²) in [4.78, 5) is 29.3. The highest BCUT2D eigenvalue weighted by atomic mass is 16.5. The number of carbonyl (C=O) groups excluding carboxylic acids is 1. The lowest BCUT2D eigenvalue weighted by Gasteiger charge is -2.30. The van der Waals surface area contributed by atoms with Crippen LogP contribution in [0.15, 0.2) is 35.3 Å². The average Bonchev–Trinajstić information content (AvgIpc) is 3.21. The van der Waals surface area contributed by atoms with Gasteiger partial charge in [-0.05, 0) is 50.7 Å². The lowest BCUT2D eigenvalue weighted by molar-refractivity contribution is -0.145. The molecule has 9 heteroatoms. The maximum absolute atomic E-state index is 12.5. The number of hydrogen-bond acceptors (Lipinski definition) is 7. The Hall–Kier alpha value is -3.33. The molecule has 0 saturated carbocycles. The molecule has 0 aromatic carbocycles. The van der Waals surface area contributed by atoms with Crippen molar-refractivity contribution < 1.29 is 14.3 Å². The predicted octanol–water partition coefficient (Wildman–Crippen LogP) is 3.77. The molecule has 9 nitrogen and oxygen atoms in total. The highest BCUT2D eigenvalue weighted by Crippen LogP contribution is 2.35. The minimum atomic E-state index is -0.150. The average molecular weight is 494 g/mol. The van der Waals surface area contributed by atoms with Gasteiger partial charge >= 0.3 is 5.97 Å². The summed E-state index contributed by atoms with van der Waals surface area (Å²) in [6.07, 6.45) is 5.76. The number of esters is 1. The number of aryl methyl sites for hydroxylation is 3. The van der Waals surface area contributed by atoms with Gasteiger partial charge in [0.1, 0.15) is 5.69 Å². The van der Waals surface area contributed by atoms with Crippen LogP contribution in [0, 0.1) is 12.8 Å². The van der Waals surface area contributed by atoms with Crippen molar-refractivity contribution in [2.24, 2.45) is 13.0 Å². The van der Waals surface area contributed by atoms with Crippen LogP contribution in [0.3, 0.4) is 0 Å². The van der Waals surface area contributed by atoms with E-state index >= 15 is 0 Å². The van der Waals surface area contributed by atoms with Crippen LogP contribution < -0.4 is 5.56 Å². The van der Waals surface area contributed by atoms with E-state index in [-0.39, 0.29) is 23.6 Å². The first-order chi connectivity index (χ1) is 17.4. The molecular weight excluding hydrogens is 458 g/mol. The first-order valence-electron chi connectivity index (χ1n) is 12.7. The van der Waals surface area contributed by atoms with Gasteiger partial charge in [-0.2, -0.15) is 0 Å². The second-order valence-electron chi connectivity index (χ2n) is 9.39. The molecule has 4 heterocycles. The molecule has 4 rings (SSSR count). The molecule has 0 N–H and O–H groups in total. The van der Waals surface area contributed by atoms with Crippen LogP contribution in [0.1, 0.15) is 68.1 Å². The molecule has 0 aliphatic carbocycles. The molecule has 0 radical (unpaired) electrons. The van der Waals surface area contributed by atoms with E-state index in [1.54, 1.807) is 15.3 Å². The van der Waals surface area contributed by atoms with Crippen molar-refractivity contribution in [1.82, 2.24) is 24.5 Å². The van der Waals surface area contributed by atoms with E-state index in [4.69, 9.17) is 14.5 Å². The normalized spacial score (nSPS) is 17.8. The van der Waals surface area contributed by atoms with Crippen molar-refractivity contribution in [2.75, 3.05) is 13.2 Å². The Morgan fingerprint density at radius 1 is 1.22 bits per heavy atom. The topological polar surface area (TPSA) is 101 Å². The van der Waals surface area contributed by atoms with E-state index in [1.807, 2.05) is 45.3 Å². The molecule has 1 aliphatic rings. The van der Waals surface area contributed by atoms with Gasteiger partial charge in [0.15, 0.2) is 0 Å². The van der Waals surface area contributed by atoms with Crippen molar-refractivity contribution in [2.45, 2.75) is 65.5 Å². The lowest BCUT2D eigenvalue weighted by Crippen LogP contribution is -2.23. The molecule has 3 aromatic rings. The Morgan fingerprint density at radius 2 is 2.06 bits per heavy atom. The predicted molar refractivity (Wildman–Crippen MR) is 135 cm³/mol. The van der Waals surface area contributed by atoms with E-state index in [9.17, 15) is 9.59 Å². The van der Waals surface area contributed by atoms with Gasteiger partial charge in [-0.1, -0.05) is 30.7 Å². The van der Waals surface area contributed by atoms with Crippen molar-refractivity contribution in [3.63, 3.8) is 0 Å². The van der Waals surface area contributed by atoms with Gasteiger partial charge in [-0.15, -0.1) is 5.10 Å². The lowest BCUT2D eigenvalue weighted by atomic mass is 9.89. The van der Waals surface area contributed by atoms with Crippen molar-refractivity contribution in [3.05, 3.63) is 63.3 Å². The number of hydrogen-bond donors (Lipinski definition) is 0. The minimum absolute atomic E-state index is 0.0617. The van der Waals surface area contributed by atoms with E-state index in [2.05, 4.69) is 17.2 Å². The third-order valence-corrected chi connectivity index (χ3v) is 6.72. The molecule has 0 bridgehead atoms. The molecule has 2 atom stereocenters. The highest BCUT2D eigenvalue weighted by molar-refractivity contribution is 5.69. The van der Waals surface area contributed by atoms with Gasteiger partial charge in [0.2, 0.25) is 0 Å². The van der Waals surface area contributed by atoms with Crippen LogP contribution in [0.25, 0.3) is 11.4 Å². The Kier molecular flexibility index (Phi) is 8.30. The summed E-state index contributed by atoms with van der Waals surface area (Å²) in [7, 11) is 1.83. The summed E-state index contributed by atoms with van der Waals surface area (Å²) < 4.78 is 14.6. The highest BCUT2D eigenvalue weighted by Gasteiger charge is 2.28. The summed E-state index contributed by atoms with van der Waals surface area (Å²) in [6.45, 7) is 7.28. The summed E-state index contributed by atoms with van der Waals surface area (Å²) in [5.74, 6) is 0.0816. The number of aromatic nitrogens is 5. The molecule has 1 fully saturated rings. The SMILES string of the molecule is CCCc1ccc(=O)n(Cc2c(-c3ccc(C4C[C@@H](CC(=O)OCC)CCO4)c(C)n3)nnn2C)c1. The van der Waals surface area contributed by atoms with Crippen molar-refractivity contribution in [3.8, 4) is 11.4 Å². The molecule has 0 spiro atoms. The first kappa shape index (κ1) is 25.8. The van der Waals surface area contributed by atoms with Gasteiger partial charge in [0, 0.05) is 43.6 Å². The first-order valence-corrected chi connectivity index (χ1v) is 12.7. The standard InChI is InChI=1S/C27H35N5O4/c1-5-7-19-8-11-25(33)32(16-19)17-23-27(29-30-31(23)4)22-10-9-21(18(3)28-22)24-14-20(12-13-36-24)15-26(34)35-6-2/h8-11,16,20,24H,5-7,12-15,17H2,1-4H3/t20-,24?/m0/s1. The smallest absolute Gasteiger partial charge is 0.306 e. The fraction of sp³-hybridized carbons (Fsp3) is 0.519.